The van der Waals surface area contributed by atoms with Gasteiger partial charge in [0, 0.05) is 0 Å². The number of hydrogen-bond donors (Lipinski definition) is 1. The maximum absolute atomic E-state index is 12.0. The highest BCUT2D eigenvalue weighted by Crippen LogP contribution is 2.25. The van der Waals surface area contributed by atoms with Gasteiger partial charge in [-0.2, -0.15) is 0 Å². The highest BCUT2D eigenvalue weighted by Gasteiger charge is 2.09. The first-order chi connectivity index (χ1) is 10.5. The molecule has 1 N–H and O–H groups in total. The Kier molecular flexibility index (Phi) is 5.04. The molecule has 1 amide bonds. The summed E-state index contributed by atoms with van der Waals surface area (Å²) in [5, 5.41) is 2.81. The second-order valence-electron chi connectivity index (χ2n) is 5.36. The minimum absolute atomic E-state index is 0.0417. The van der Waals surface area contributed by atoms with Crippen molar-refractivity contribution < 1.29 is 14.3 Å². The summed E-state index contributed by atoms with van der Waals surface area (Å²) < 4.78 is 10.8. The van der Waals surface area contributed by atoms with Gasteiger partial charge in [0.15, 0.2) is 6.61 Å². The number of hydrogen-bond acceptors (Lipinski definition) is 3. The molecule has 0 aromatic heterocycles. The summed E-state index contributed by atoms with van der Waals surface area (Å²) in [7, 11) is 1.58. The van der Waals surface area contributed by atoms with E-state index in [0.717, 1.165) is 16.7 Å². The largest absolute Gasteiger partial charge is 0.495 e. The lowest BCUT2D eigenvalue weighted by Gasteiger charge is -2.12. The summed E-state index contributed by atoms with van der Waals surface area (Å²) in [6.45, 7) is 5.91. The van der Waals surface area contributed by atoms with E-state index in [0.29, 0.717) is 17.2 Å². The molecule has 0 saturated heterocycles. The van der Waals surface area contributed by atoms with Crippen molar-refractivity contribution in [2.45, 2.75) is 20.8 Å². The smallest absolute Gasteiger partial charge is 0.262 e. The molecule has 2 aromatic rings. The molecule has 0 heterocycles. The molecule has 0 fully saturated rings. The fourth-order valence-corrected chi connectivity index (χ4v) is 2.27. The Morgan fingerprint density at radius 2 is 1.68 bits per heavy atom. The Morgan fingerprint density at radius 3 is 2.32 bits per heavy atom. The number of anilines is 1. The lowest BCUT2D eigenvalue weighted by atomic mass is 10.1. The Labute approximate surface area is 131 Å². The molecule has 0 atom stereocenters. The molecule has 0 saturated carbocycles. The molecule has 0 aliphatic rings. The molecular weight excluding hydrogens is 278 g/mol. The summed E-state index contributed by atoms with van der Waals surface area (Å²) in [4.78, 5) is 12.0. The zero-order valence-electron chi connectivity index (χ0n) is 13.4. The van der Waals surface area contributed by atoms with Crippen LogP contribution in [-0.2, 0) is 4.79 Å². The van der Waals surface area contributed by atoms with E-state index in [1.165, 1.54) is 0 Å². The van der Waals surface area contributed by atoms with Crippen LogP contribution in [-0.4, -0.2) is 19.6 Å². The molecule has 116 valence electrons. The van der Waals surface area contributed by atoms with Gasteiger partial charge in [-0.15, -0.1) is 0 Å². The first-order valence-electron chi connectivity index (χ1n) is 7.13. The molecule has 4 heteroatoms. The van der Waals surface area contributed by atoms with Crippen LogP contribution in [0, 0.1) is 20.8 Å². The third kappa shape index (κ3) is 4.25. The lowest BCUT2D eigenvalue weighted by molar-refractivity contribution is -0.118. The fraction of sp³-hybridized carbons (Fsp3) is 0.278. The van der Waals surface area contributed by atoms with Crippen molar-refractivity contribution in [1.82, 2.24) is 0 Å². The van der Waals surface area contributed by atoms with E-state index in [1.807, 2.05) is 51.1 Å². The van der Waals surface area contributed by atoms with Crippen molar-refractivity contribution in [3.05, 3.63) is 53.1 Å². The highest BCUT2D eigenvalue weighted by atomic mass is 16.5. The van der Waals surface area contributed by atoms with Crippen LogP contribution in [0.4, 0.5) is 5.69 Å². The van der Waals surface area contributed by atoms with E-state index in [1.54, 1.807) is 7.11 Å². The van der Waals surface area contributed by atoms with E-state index in [-0.39, 0.29) is 12.5 Å². The molecule has 4 nitrogen and oxygen atoms in total. The van der Waals surface area contributed by atoms with Crippen molar-refractivity contribution >= 4 is 11.6 Å². The molecule has 0 radical (unpaired) electrons. The van der Waals surface area contributed by atoms with Crippen molar-refractivity contribution in [1.29, 1.82) is 0 Å². The predicted molar refractivity (Wildman–Crippen MR) is 87.8 cm³/mol. The van der Waals surface area contributed by atoms with E-state index >= 15 is 0 Å². The number of benzene rings is 2. The van der Waals surface area contributed by atoms with Crippen molar-refractivity contribution in [2.75, 3.05) is 19.0 Å². The standard InChI is InChI=1S/C18H21NO3/c1-12-5-6-17(21-4)16(10-12)19-18(20)11-22-15-8-13(2)7-14(3)9-15/h5-10H,11H2,1-4H3,(H,19,20). The summed E-state index contributed by atoms with van der Waals surface area (Å²) in [6, 6.07) is 11.5. The van der Waals surface area contributed by atoms with E-state index < -0.39 is 0 Å². The number of nitrogens with one attached hydrogen (secondary N) is 1. The van der Waals surface area contributed by atoms with Gasteiger partial charge >= 0.3 is 0 Å². The van der Waals surface area contributed by atoms with Gasteiger partial charge in [0.05, 0.1) is 12.8 Å². The van der Waals surface area contributed by atoms with Crippen LogP contribution in [0.15, 0.2) is 36.4 Å². The fourth-order valence-electron chi connectivity index (χ4n) is 2.27. The molecule has 0 aliphatic heterocycles. The SMILES string of the molecule is COc1ccc(C)cc1NC(=O)COc1cc(C)cc(C)c1. The van der Waals surface area contributed by atoms with Gasteiger partial charge in [-0.25, -0.2) is 0 Å². The Bertz CT molecular complexity index is 660. The van der Waals surface area contributed by atoms with Gasteiger partial charge in [0.1, 0.15) is 11.5 Å². The number of methoxy groups -OCH3 is 1. The minimum Gasteiger partial charge on any atom is -0.495 e. The predicted octanol–water partition coefficient (Wildman–Crippen LogP) is 3.64. The van der Waals surface area contributed by atoms with Crippen LogP contribution >= 0.6 is 0 Å². The van der Waals surface area contributed by atoms with Crippen LogP contribution in [0.1, 0.15) is 16.7 Å². The first kappa shape index (κ1) is 15.9. The van der Waals surface area contributed by atoms with Gasteiger partial charge in [-0.1, -0.05) is 12.1 Å². The molecule has 0 unspecified atom stereocenters. The average molecular weight is 299 g/mol. The van der Waals surface area contributed by atoms with Crippen molar-refractivity contribution in [3.63, 3.8) is 0 Å². The number of carbonyl (C=O) groups is 1. The minimum atomic E-state index is -0.219. The van der Waals surface area contributed by atoms with E-state index in [9.17, 15) is 4.79 Å². The van der Waals surface area contributed by atoms with Gasteiger partial charge < -0.3 is 14.8 Å². The van der Waals surface area contributed by atoms with Gasteiger partial charge in [0.25, 0.3) is 5.91 Å². The maximum atomic E-state index is 12.0. The van der Waals surface area contributed by atoms with Gasteiger partial charge in [0.2, 0.25) is 0 Å². The molecular formula is C18H21NO3. The van der Waals surface area contributed by atoms with Crippen LogP contribution in [0.25, 0.3) is 0 Å². The monoisotopic (exact) mass is 299 g/mol. The summed E-state index contributed by atoms with van der Waals surface area (Å²) >= 11 is 0. The Hall–Kier alpha value is -2.49. The normalized spacial score (nSPS) is 10.2. The second-order valence-corrected chi connectivity index (χ2v) is 5.36. The Morgan fingerprint density at radius 1 is 1.00 bits per heavy atom. The summed E-state index contributed by atoms with van der Waals surface area (Å²) in [5.41, 5.74) is 3.91. The summed E-state index contributed by atoms with van der Waals surface area (Å²) in [5.74, 6) is 1.11. The molecule has 2 rings (SSSR count). The Balaban J connectivity index is 2.00. The topological polar surface area (TPSA) is 47.6 Å². The third-order valence-corrected chi connectivity index (χ3v) is 3.19. The second kappa shape index (κ2) is 6.98. The molecule has 22 heavy (non-hydrogen) atoms. The van der Waals surface area contributed by atoms with Crippen LogP contribution in [0.5, 0.6) is 11.5 Å². The maximum Gasteiger partial charge on any atom is 0.262 e. The number of rotatable bonds is 5. The zero-order chi connectivity index (χ0) is 16.1. The number of aryl methyl sites for hydroxylation is 3. The van der Waals surface area contributed by atoms with Crippen LogP contribution < -0.4 is 14.8 Å². The molecule has 0 bridgehead atoms. The average Bonchev–Trinajstić information content (AvgIpc) is 2.44. The number of amides is 1. The van der Waals surface area contributed by atoms with E-state index in [2.05, 4.69) is 11.4 Å². The van der Waals surface area contributed by atoms with Crippen LogP contribution in [0.2, 0.25) is 0 Å². The van der Waals surface area contributed by atoms with Gasteiger partial charge in [-0.05, 0) is 61.7 Å². The van der Waals surface area contributed by atoms with E-state index in [4.69, 9.17) is 9.47 Å². The number of carbonyl (C=O) groups excluding carboxylic acids is 1. The quantitative estimate of drug-likeness (QED) is 0.917. The van der Waals surface area contributed by atoms with Gasteiger partial charge in [-0.3, -0.25) is 4.79 Å². The first-order valence-corrected chi connectivity index (χ1v) is 7.13. The molecule has 0 aliphatic carbocycles. The third-order valence-electron chi connectivity index (χ3n) is 3.19. The lowest BCUT2D eigenvalue weighted by Crippen LogP contribution is -2.20. The molecule has 0 spiro atoms. The van der Waals surface area contributed by atoms with Crippen molar-refractivity contribution in [2.24, 2.45) is 0 Å². The van der Waals surface area contributed by atoms with Crippen LogP contribution in [0.3, 0.4) is 0 Å². The zero-order valence-corrected chi connectivity index (χ0v) is 13.4. The molecule has 2 aromatic carbocycles. The number of ether oxygens (including phenoxy) is 2. The highest BCUT2D eigenvalue weighted by molar-refractivity contribution is 5.93. The summed E-state index contributed by atoms with van der Waals surface area (Å²) in [6.07, 6.45) is 0. The van der Waals surface area contributed by atoms with Crippen molar-refractivity contribution in [3.8, 4) is 11.5 Å².